The second-order valence-electron chi connectivity index (χ2n) is 4.54. The molecule has 1 aliphatic heterocycles. The highest BCUT2D eigenvalue weighted by atomic mass is 79.9. The molecule has 1 fully saturated rings. The number of hydrogen-bond acceptors (Lipinski definition) is 3. The number of nitrogens with one attached hydrogen (secondary N) is 1. The largest absolute Gasteiger partial charge is 0.377 e. The summed E-state index contributed by atoms with van der Waals surface area (Å²) in [5.41, 5.74) is 6.03. The molecule has 104 valence electrons. The van der Waals surface area contributed by atoms with E-state index in [-0.39, 0.29) is 11.9 Å². The fraction of sp³-hybridized carbons (Fsp3) is 0.462. The van der Waals surface area contributed by atoms with Crippen LogP contribution in [0.5, 0.6) is 0 Å². The van der Waals surface area contributed by atoms with Crippen LogP contribution in [0.4, 0.5) is 4.39 Å². The Hall–Kier alpha value is -0.980. The van der Waals surface area contributed by atoms with Gasteiger partial charge in [-0.3, -0.25) is 10.1 Å². The van der Waals surface area contributed by atoms with Gasteiger partial charge in [0.2, 0.25) is 5.91 Å². The van der Waals surface area contributed by atoms with Crippen molar-refractivity contribution in [2.24, 2.45) is 5.73 Å². The fourth-order valence-corrected chi connectivity index (χ4v) is 2.73. The summed E-state index contributed by atoms with van der Waals surface area (Å²) < 4.78 is 19.1. The van der Waals surface area contributed by atoms with E-state index in [1.807, 2.05) is 0 Å². The van der Waals surface area contributed by atoms with Gasteiger partial charge in [0.15, 0.2) is 0 Å². The van der Waals surface area contributed by atoms with Crippen molar-refractivity contribution >= 4 is 21.8 Å². The first-order valence-corrected chi connectivity index (χ1v) is 6.96. The SMILES string of the molecule is NC(=O)C(NCC1CCCO1)c1ccc(F)cc1Br. The van der Waals surface area contributed by atoms with E-state index >= 15 is 0 Å². The number of ether oxygens (including phenoxy) is 1. The van der Waals surface area contributed by atoms with Crippen molar-refractivity contribution in [1.29, 1.82) is 0 Å². The van der Waals surface area contributed by atoms with Crippen molar-refractivity contribution in [3.8, 4) is 0 Å². The molecule has 3 N–H and O–H groups in total. The maximum Gasteiger partial charge on any atom is 0.239 e. The fourth-order valence-electron chi connectivity index (χ4n) is 2.15. The van der Waals surface area contributed by atoms with Crippen molar-refractivity contribution in [2.75, 3.05) is 13.2 Å². The number of hydrogen-bond donors (Lipinski definition) is 2. The molecule has 2 unspecified atom stereocenters. The smallest absolute Gasteiger partial charge is 0.239 e. The second kappa shape index (κ2) is 6.45. The van der Waals surface area contributed by atoms with Crippen LogP contribution in [0, 0.1) is 5.82 Å². The molecule has 0 aromatic heterocycles. The number of carbonyl (C=O) groups excluding carboxylic acids is 1. The second-order valence-corrected chi connectivity index (χ2v) is 5.40. The van der Waals surface area contributed by atoms with Crippen molar-refractivity contribution < 1.29 is 13.9 Å². The number of nitrogens with two attached hydrogens (primary N) is 1. The van der Waals surface area contributed by atoms with E-state index in [2.05, 4.69) is 21.2 Å². The van der Waals surface area contributed by atoms with Crippen LogP contribution in [0.3, 0.4) is 0 Å². The van der Waals surface area contributed by atoms with Gasteiger partial charge in [-0.15, -0.1) is 0 Å². The first-order chi connectivity index (χ1) is 9.08. The average Bonchev–Trinajstić information content (AvgIpc) is 2.84. The molecule has 1 aromatic carbocycles. The zero-order valence-electron chi connectivity index (χ0n) is 10.4. The van der Waals surface area contributed by atoms with Crippen LogP contribution in [-0.2, 0) is 9.53 Å². The monoisotopic (exact) mass is 330 g/mol. The molecule has 1 aliphatic rings. The van der Waals surface area contributed by atoms with Crippen molar-refractivity contribution in [2.45, 2.75) is 25.0 Å². The van der Waals surface area contributed by atoms with Crippen molar-refractivity contribution in [1.82, 2.24) is 5.32 Å². The van der Waals surface area contributed by atoms with Crippen molar-refractivity contribution in [3.63, 3.8) is 0 Å². The Morgan fingerprint density at radius 1 is 1.63 bits per heavy atom. The summed E-state index contributed by atoms with van der Waals surface area (Å²) in [6.45, 7) is 1.31. The van der Waals surface area contributed by atoms with Crippen molar-refractivity contribution in [3.05, 3.63) is 34.1 Å². The predicted molar refractivity (Wildman–Crippen MR) is 73.0 cm³/mol. The normalized spacial score (nSPS) is 20.4. The minimum Gasteiger partial charge on any atom is -0.377 e. The minimum atomic E-state index is -0.654. The van der Waals surface area contributed by atoms with E-state index in [1.54, 1.807) is 6.07 Å². The zero-order valence-corrected chi connectivity index (χ0v) is 12.0. The van der Waals surface area contributed by atoms with E-state index in [9.17, 15) is 9.18 Å². The van der Waals surface area contributed by atoms with Gasteiger partial charge in [0.05, 0.1) is 6.10 Å². The maximum absolute atomic E-state index is 13.1. The Morgan fingerprint density at radius 3 is 3.00 bits per heavy atom. The van der Waals surface area contributed by atoms with Gasteiger partial charge < -0.3 is 10.5 Å². The standard InChI is InChI=1S/C13H16BrFN2O2/c14-11-6-8(15)3-4-10(11)12(13(16)18)17-7-9-2-1-5-19-9/h3-4,6,9,12,17H,1-2,5,7H2,(H2,16,18). The molecule has 0 aliphatic carbocycles. The molecule has 6 heteroatoms. The van der Waals surface area contributed by atoms with Gasteiger partial charge in [-0.1, -0.05) is 22.0 Å². The molecular formula is C13H16BrFN2O2. The Morgan fingerprint density at radius 2 is 2.42 bits per heavy atom. The van der Waals surface area contributed by atoms with Crippen LogP contribution in [0.2, 0.25) is 0 Å². The number of benzene rings is 1. The van der Waals surface area contributed by atoms with Gasteiger partial charge in [-0.2, -0.15) is 0 Å². The highest BCUT2D eigenvalue weighted by molar-refractivity contribution is 9.10. The number of carbonyl (C=O) groups is 1. The van der Waals surface area contributed by atoms with Gasteiger partial charge in [-0.05, 0) is 30.5 Å². The van der Waals surface area contributed by atoms with Crippen LogP contribution in [-0.4, -0.2) is 25.2 Å². The summed E-state index contributed by atoms with van der Waals surface area (Å²) in [7, 11) is 0. The molecule has 0 spiro atoms. The lowest BCUT2D eigenvalue weighted by Gasteiger charge is -2.19. The average molecular weight is 331 g/mol. The van der Waals surface area contributed by atoms with Crippen LogP contribution in [0.1, 0.15) is 24.4 Å². The summed E-state index contributed by atoms with van der Waals surface area (Å²) in [4.78, 5) is 11.5. The Bertz CT molecular complexity index is 464. The third-order valence-electron chi connectivity index (χ3n) is 3.13. The van der Waals surface area contributed by atoms with Crippen LogP contribution in [0.15, 0.2) is 22.7 Å². The molecular weight excluding hydrogens is 315 g/mol. The molecule has 2 atom stereocenters. The Labute approximate surface area is 119 Å². The van der Waals surface area contributed by atoms with Crippen LogP contribution < -0.4 is 11.1 Å². The summed E-state index contributed by atoms with van der Waals surface area (Å²) in [6, 6.07) is 3.53. The van der Waals surface area contributed by atoms with Gasteiger partial charge in [0.1, 0.15) is 11.9 Å². The lowest BCUT2D eigenvalue weighted by molar-refractivity contribution is -0.120. The Kier molecular flexibility index (Phi) is 4.90. The molecule has 4 nitrogen and oxygen atoms in total. The van der Waals surface area contributed by atoms with E-state index in [4.69, 9.17) is 10.5 Å². The molecule has 0 bridgehead atoms. The number of primary amides is 1. The van der Waals surface area contributed by atoms with Gasteiger partial charge >= 0.3 is 0 Å². The molecule has 1 aromatic rings. The lowest BCUT2D eigenvalue weighted by Crippen LogP contribution is -2.38. The van der Waals surface area contributed by atoms with E-state index < -0.39 is 11.9 Å². The number of halogens is 2. The van der Waals surface area contributed by atoms with Gasteiger partial charge in [-0.25, -0.2) is 4.39 Å². The summed E-state index contributed by atoms with van der Waals surface area (Å²) in [5.74, 6) is -0.858. The third-order valence-corrected chi connectivity index (χ3v) is 3.82. The predicted octanol–water partition coefficient (Wildman–Crippen LogP) is 1.88. The minimum absolute atomic E-state index is 0.112. The van der Waals surface area contributed by atoms with E-state index in [0.29, 0.717) is 16.6 Å². The quantitative estimate of drug-likeness (QED) is 0.866. The van der Waals surface area contributed by atoms with Crippen LogP contribution in [0.25, 0.3) is 0 Å². The first kappa shape index (κ1) is 14.4. The topological polar surface area (TPSA) is 64.4 Å². The summed E-state index contributed by atoms with van der Waals surface area (Å²) in [5, 5.41) is 3.09. The van der Waals surface area contributed by atoms with Gasteiger partial charge in [0.25, 0.3) is 0 Å². The molecule has 0 radical (unpaired) electrons. The molecule has 1 amide bonds. The number of amides is 1. The van der Waals surface area contributed by atoms with Gasteiger partial charge in [0, 0.05) is 17.6 Å². The molecule has 0 saturated carbocycles. The summed E-state index contributed by atoms with van der Waals surface area (Å²) in [6.07, 6.45) is 2.12. The highest BCUT2D eigenvalue weighted by Crippen LogP contribution is 2.24. The number of rotatable bonds is 5. The van der Waals surface area contributed by atoms with E-state index in [0.717, 1.165) is 19.4 Å². The maximum atomic E-state index is 13.1. The highest BCUT2D eigenvalue weighted by Gasteiger charge is 2.23. The third kappa shape index (κ3) is 3.75. The Balaban J connectivity index is 2.08. The van der Waals surface area contributed by atoms with E-state index in [1.165, 1.54) is 12.1 Å². The summed E-state index contributed by atoms with van der Waals surface area (Å²) >= 11 is 3.25. The molecule has 1 saturated heterocycles. The lowest BCUT2D eigenvalue weighted by atomic mass is 10.1. The first-order valence-electron chi connectivity index (χ1n) is 6.17. The molecule has 19 heavy (non-hydrogen) atoms. The zero-order chi connectivity index (χ0) is 13.8. The molecule has 2 rings (SSSR count). The van der Waals surface area contributed by atoms with Crippen LogP contribution >= 0.6 is 15.9 Å². The molecule has 1 heterocycles.